The minimum absolute atomic E-state index is 0.0340. The van der Waals surface area contributed by atoms with Gasteiger partial charge in [-0.05, 0) is 17.7 Å². The largest absolute Gasteiger partial charge is 0.233 e. The Morgan fingerprint density at radius 3 is 2.50 bits per heavy atom. The van der Waals surface area contributed by atoms with E-state index in [1.807, 2.05) is 12.1 Å². The van der Waals surface area contributed by atoms with E-state index < -0.39 is 0 Å². The molecule has 2 aromatic heterocycles. The summed E-state index contributed by atoms with van der Waals surface area (Å²) in [5.74, 6) is 1.19. The lowest BCUT2D eigenvalue weighted by molar-refractivity contribution is 0.565. The monoisotopic (exact) mass is 283 g/mol. The van der Waals surface area contributed by atoms with Crippen molar-refractivity contribution in [1.82, 2.24) is 14.8 Å². The fourth-order valence-corrected chi connectivity index (χ4v) is 1.87. The highest BCUT2D eigenvalue weighted by molar-refractivity contribution is 6.30. The van der Waals surface area contributed by atoms with Crippen molar-refractivity contribution in [3.05, 3.63) is 40.8 Å². The van der Waals surface area contributed by atoms with Gasteiger partial charge in [0.15, 0.2) is 5.82 Å². The van der Waals surface area contributed by atoms with Gasteiger partial charge in [0.25, 0.3) is 0 Å². The molecule has 3 nitrogen and oxygen atoms in total. The molecule has 0 aromatic carbocycles. The first-order valence-corrected chi connectivity index (χ1v) is 6.59. The SMILES string of the molecule is CC(C)(C)c1cc(CCl)cc(-n2cc(Cl)cn2)n1. The average molecular weight is 284 g/mol. The maximum atomic E-state index is 5.93. The van der Waals surface area contributed by atoms with E-state index in [1.54, 1.807) is 17.1 Å². The second-order valence-electron chi connectivity index (χ2n) is 5.21. The predicted octanol–water partition coefficient (Wildman–Crippen LogP) is 3.96. The molecular formula is C13H15Cl2N3. The lowest BCUT2D eigenvalue weighted by Gasteiger charge is -2.19. The Labute approximate surface area is 117 Å². The van der Waals surface area contributed by atoms with Gasteiger partial charge < -0.3 is 0 Å². The first kappa shape index (κ1) is 13.4. The third kappa shape index (κ3) is 2.85. The summed E-state index contributed by atoms with van der Waals surface area (Å²) in [5, 5.41) is 4.75. The molecular weight excluding hydrogens is 269 g/mol. The molecule has 0 aliphatic heterocycles. The van der Waals surface area contributed by atoms with Crippen LogP contribution >= 0.6 is 23.2 Å². The van der Waals surface area contributed by atoms with Crippen LogP contribution in [0, 0.1) is 0 Å². The van der Waals surface area contributed by atoms with Crippen LogP contribution in [0.4, 0.5) is 0 Å². The van der Waals surface area contributed by atoms with Gasteiger partial charge in [0.05, 0.1) is 17.4 Å². The van der Waals surface area contributed by atoms with Gasteiger partial charge in [-0.3, -0.25) is 0 Å². The molecule has 0 unspecified atom stereocenters. The second-order valence-corrected chi connectivity index (χ2v) is 5.91. The molecule has 0 radical (unpaired) electrons. The van der Waals surface area contributed by atoms with E-state index in [-0.39, 0.29) is 5.41 Å². The Hall–Kier alpha value is -1.06. The third-order valence-electron chi connectivity index (χ3n) is 2.58. The summed E-state index contributed by atoms with van der Waals surface area (Å²) >= 11 is 11.8. The van der Waals surface area contributed by atoms with Gasteiger partial charge in [-0.25, -0.2) is 9.67 Å². The minimum Gasteiger partial charge on any atom is -0.233 e. The highest BCUT2D eigenvalue weighted by Gasteiger charge is 2.17. The molecule has 2 rings (SSSR count). The average Bonchev–Trinajstić information content (AvgIpc) is 2.74. The maximum Gasteiger partial charge on any atom is 0.153 e. The summed E-state index contributed by atoms with van der Waals surface area (Å²) in [6, 6.07) is 3.95. The van der Waals surface area contributed by atoms with Crippen LogP contribution in [0.25, 0.3) is 5.82 Å². The number of rotatable bonds is 2. The summed E-state index contributed by atoms with van der Waals surface area (Å²) in [6.07, 6.45) is 3.32. The smallest absolute Gasteiger partial charge is 0.153 e. The summed E-state index contributed by atoms with van der Waals surface area (Å²) in [7, 11) is 0. The van der Waals surface area contributed by atoms with Crippen LogP contribution in [0.3, 0.4) is 0 Å². The Morgan fingerprint density at radius 1 is 1.28 bits per heavy atom. The third-order valence-corrected chi connectivity index (χ3v) is 3.08. The van der Waals surface area contributed by atoms with Crippen molar-refractivity contribution in [2.75, 3.05) is 0 Å². The van der Waals surface area contributed by atoms with E-state index in [0.29, 0.717) is 10.9 Å². The molecule has 96 valence electrons. The Morgan fingerprint density at radius 2 is 2.00 bits per heavy atom. The molecule has 5 heteroatoms. The predicted molar refractivity (Wildman–Crippen MR) is 74.6 cm³/mol. The van der Waals surface area contributed by atoms with E-state index in [0.717, 1.165) is 17.1 Å². The van der Waals surface area contributed by atoms with Crippen LogP contribution in [0.2, 0.25) is 5.02 Å². The van der Waals surface area contributed by atoms with Crippen LogP contribution in [-0.2, 0) is 11.3 Å². The fourth-order valence-electron chi connectivity index (χ4n) is 1.58. The molecule has 18 heavy (non-hydrogen) atoms. The second kappa shape index (κ2) is 4.90. The molecule has 0 saturated heterocycles. The number of hydrogen-bond donors (Lipinski definition) is 0. The molecule has 2 heterocycles. The molecule has 0 bridgehead atoms. The van der Waals surface area contributed by atoms with Gasteiger partial charge in [-0.2, -0.15) is 5.10 Å². The van der Waals surface area contributed by atoms with Gasteiger partial charge in [0.2, 0.25) is 0 Å². The van der Waals surface area contributed by atoms with E-state index in [1.165, 1.54) is 0 Å². The molecule has 0 atom stereocenters. The Balaban J connectivity index is 2.54. The van der Waals surface area contributed by atoms with Crippen LogP contribution in [-0.4, -0.2) is 14.8 Å². The zero-order valence-electron chi connectivity index (χ0n) is 10.6. The van der Waals surface area contributed by atoms with E-state index in [9.17, 15) is 0 Å². The minimum atomic E-state index is -0.0340. The molecule has 0 N–H and O–H groups in total. The van der Waals surface area contributed by atoms with E-state index in [2.05, 4.69) is 30.9 Å². The zero-order chi connectivity index (χ0) is 13.3. The summed E-state index contributed by atoms with van der Waals surface area (Å²) in [5.41, 5.74) is 1.98. The highest BCUT2D eigenvalue weighted by Crippen LogP contribution is 2.24. The molecule has 0 aliphatic carbocycles. The van der Waals surface area contributed by atoms with Crippen LogP contribution in [0.1, 0.15) is 32.0 Å². The van der Waals surface area contributed by atoms with Gasteiger partial charge in [-0.1, -0.05) is 32.4 Å². The van der Waals surface area contributed by atoms with Crippen molar-refractivity contribution in [2.45, 2.75) is 32.1 Å². The normalized spacial score (nSPS) is 11.8. The first-order chi connectivity index (χ1) is 8.40. The van der Waals surface area contributed by atoms with Crippen LogP contribution in [0.5, 0.6) is 0 Å². The number of alkyl halides is 1. The molecule has 0 fully saturated rings. The van der Waals surface area contributed by atoms with Gasteiger partial charge in [0.1, 0.15) is 0 Å². The lowest BCUT2D eigenvalue weighted by atomic mass is 9.91. The summed E-state index contributed by atoms with van der Waals surface area (Å²) in [6.45, 7) is 6.35. The highest BCUT2D eigenvalue weighted by atomic mass is 35.5. The van der Waals surface area contributed by atoms with Crippen LogP contribution in [0.15, 0.2) is 24.5 Å². The number of pyridine rings is 1. The number of aromatic nitrogens is 3. The maximum absolute atomic E-state index is 5.93. The Bertz CT molecular complexity index is 556. The molecule has 0 amide bonds. The van der Waals surface area contributed by atoms with Gasteiger partial charge in [0, 0.05) is 17.0 Å². The lowest BCUT2D eigenvalue weighted by Crippen LogP contribution is -2.15. The summed E-state index contributed by atoms with van der Waals surface area (Å²) < 4.78 is 1.66. The molecule has 0 saturated carbocycles. The Kier molecular flexibility index (Phi) is 3.64. The van der Waals surface area contributed by atoms with E-state index >= 15 is 0 Å². The van der Waals surface area contributed by atoms with Gasteiger partial charge in [-0.15, -0.1) is 11.6 Å². The van der Waals surface area contributed by atoms with Gasteiger partial charge >= 0.3 is 0 Å². The number of nitrogens with zero attached hydrogens (tertiary/aromatic N) is 3. The van der Waals surface area contributed by atoms with Crippen molar-refractivity contribution in [2.24, 2.45) is 0 Å². The first-order valence-electron chi connectivity index (χ1n) is 5.68. The van der Waals surface area contributed by atoms with Crippen molar-refractivity contribution < 1.29 is 0 Å². The quantitative estimate of drug-likeness (QED) is 0.781. The number of hydrogen-bond acceptors (Lipinski definition) is 2. The topological polar surface area (TPSA) is 30.7 Å². The fraction of sp³-hybridized carbons (Fsp3) is 0.385. The standard InChI is InChI=1S/C13H15Cl2N3/c1-13(2,3)11-4-9(6-14)5-12(17-11)18-8-10(15)7-16-18/h4-5,7-8H,6H2,1-3H3. The summed E-state index contributed by atoms with van der Waals surface area (Å²) in [4.78, 5) is 4.62. The van der Waals surface area contributed by atoms with E-state index in [4.69, 9.17) is 23.2 Å². The molecule has 2 aromatic rings. The van der Waals surface area contributed by atoms with Crippen molar-refractivity contribution in [3.63, 3.8) is 0 Å². The zero-order valence-corrected chi connectivity index (χ0v) is 12.1. The van der Waals surface area contributed by atoms with Crippen molar-refractivity contribution >= 4 is 23.2 Å². The number of halogens is 2. The van der Waals surface area contributed by atoms with Crippen molar-refractivity contribution in [1.29, 1.82) is 0 Å². The molecule has 0 aliphatic rings. The van der Waals surface area contributed by atoms with Crippen LogP contribution < -0.4 is 0 Å². The molecule has 0 spiro atoms. The van der Waals surface area contributed by atoms with Crippen molar-refractivity contribution in [3.8, 4) is 5.82 Å².